The van der Waals surface area contributed by atoms with Crippen molar-refractivity contribution in [3.05, 3.63) is 42.0 Å². The van der Waals surface area contributed by atoms with Crippen molar-refractivity contribution in [2.24, 2.45) is 5.92 Å². The Balaban J connectivity index is 1.47. The molecule has 1 aromatic rings. The monoisotopic (exact) mass is 341 g/mol. The fourth-order valence-electron chi connectivity index (χ4n) is 3.47. The summed E-state index contributed by atoms with van der Waals surface area (Å²) in [6.45, 7) is 4.90. The predicted octanol–water partition coefficient (Wildman–Crippen LogP) is 1.71. The van der Waals surface area contributed by atoms with Crippen LogP contribution in [-0.2, 0) is 9.59 Å². The zero-order valence-electron chi connectivity index (χ0n) is 14.9. The molecule has 0 bridgehead atoms. The molecule has 0 aliphatic carbocycles. The molecule has 5 nitrogen and oxygen atoms in total. The van der Waals surface area contributed by atoms with Crippen molar-refractivity contribution >= 4 is 17.9 Å². The fraction of sp³-hybridized carbons (Fsp3) is 0.500. The van der Waals surface area contributed by atoms with E-state index in [0.29, 0.717) is 13.1 Å². The van der Waals surface area contributed by atoms with Crippen LogP contribution in [0.4, 0.5) is 0 Å². The number of likely N-dealkylation sites (N-methyl/N-ethyl adjacent to an activating group) is 1. The molecular weight excluding hydrogens is 314 g/mol. The van der Waals surface area contributed by atoms with Crippen LogP contribution in [-0.4, -0.2) is 72.8 Å². The molecule has 0 radical (unpaired) electrons. The average Bonchev–Trinajstić information content (AvgIpc) is 2.67. The van der Waals surface area contributed by atoms with Gasteiger partial charge in [0.1, 0.15) is 0 Å². The Morgan fingerprint density at radius 1 is 0.920 bits per heavy atom. The Bertz CT molecular complexity index is 613. The largest absolute Gasteiger partial charge is 0.340 e. The third-order valence-electron chi connectivity index (χ3n) is 5.19. The molecule has 0 unspecified atom stereocenters. The summed E-state index contributed by atoms with van der Waals surface area (Å²) >= 11 is 0. The smallest absolute Gasteiger partial charge is 0.246 e. The molecule has 0 aromatic heterocycles. The fourth-order valence-corrected chi connectivity index (χ4v) is 3.47. The van der Waals surface area contributed by atoms with Crippen molar-refractivity contribution in [3.8, 4) is 0 Å². The van der Waals surface area contributed by atoms with Crippen molar-refractivity contribution in [2.45, 2.75) is 12.8 Å². The van der Waals surface area contributed by atoms with Crippen LogP contribution in [0.2, 0.25) is 0 Å². The first-order chi connectivity index (χ1) is 12.1. The first-order valence-corrected chi connectivity index (χ1v) is 9.13. The number of benzene rings is 1. The molecule has 0 atom stereocenters. The van der Waals surface area contributed by atoms with Crippen molar-refractivity contribution in [1.29, 1.82) is 0 Å². The molecule has 3 rings (SSSR count). The van der Waals surface area contributed by atoms with E-state index < -0.39 is 0 Å². The van der Waals surface area contributed by atoms with E-state index in [-0.39, 0.29) is 17.7 Å². The molecule has 0 saturated carbocycles. The van der Waals surface area contributed by atoms with Gasteiger partial charge < -0.3 is 14.7 Å². The van der Waals surface area contributed by atoms with Crippen LogP contribution in [0.1, 0.15) is 18.4 Å². The van der Waals surface area contributed by atoms with Crippen LogP contribution < -0.4 is 0 Å². The Morgan fingerprint density at radius 2 is 1.56 bits per heavy atom. The van der Waals surface area contributed by atoms with Gasteiger partial charge in [0, 0.05) is 51.3 Å². The average molecular weight is 341 g/mol. The molecule has 25 heavy (non-hydrogen) atoms. The van der Waals surface area contributed by atoms with Crippen molar-refractivity contribution in [1.82, 2.24) is 14.7 Å². The third kappa shape index (κ3) is 4.69. The standard InChI is InChI=1S/C20H27N3O2/c1-21-13-15-23(16-14-21)20(25)18-9-11-22(12-10-18)19(24)8-7-17-5-3-2-4-6-17/h2-8,18H,9-16H2,1H3/b8-7+. The van der Waals surface area contributed by atoms with Crippen LogP contribution in [0, 0.1) is 5.92 Å². The lowest BCUT2D eigenvalue weighted by Crippen LogP contribution is -2.50. The topological polar surface area (TPSA) is 43.9 Å². The summed E-state index contributed by atoms with van der Waals surface area (Å²) in [4.78, 5) is 31.1. The maximum atomic E-state index is 12.6. The molecule has 2 aliphatic heterocycles. The van der Waals surface area contributed by atoms with E-state index in [0.717, 1.165) is 44.6 Å². The summed E-state index contributed by atoms with van der Waals surface area (Å²) < 4.78 is 0. The van der Waals surface area contributed by atoms with Crippen molar-refractivity contribution in [2.75, 3.05) is 46.3 Å². The molecule has 1 aromatic carbocycles. The van der Waals surface area contributed by atoms with E-state index in [2.05, 4.69) is 11.9 Å². The van der Waals surface area contributed by atoms with E-state index in [4.69, 9.17) is 0 Å². The van der Waals surface area contributed by atoms with Gasteiger partial charge in [-0.25, -0.2) is 0 Å². The van der Waals surface area contributed by atoms with E-state index in [1.54, 1.807) is 6.08 Å². The summed E-state index contributed by atoms with van der Waals surface area (Å²) in [6, 6.07) is 9.83. The van der Waals surface area contributed by atoms with Crippen molar-refractivity contribution < 1.29 is 9.59 Å². The quantitative estimate of drug-likeness (QED) is 0.786. The summed E-state index contributed by atoms with van der Waals surface area (Å²) in [6.07, 6.45) is 5.04. The second kappa shape index (κ2) is 8.30. The number of likely N-dealkylation sites (tertiary alicyclic amines) is 1. The van der Waals surface area contributed by atoms with Crippen LogP contribution in [0.3, 0.4) is 0 Å². The number of piperidine rings is 1. The van der Waals surface area contributed by atoms with Crippen molar-refractivity contribution in [3.63, 3.8) is 0 Å². The van der Waals surface area contributed by atoms with Gasteiger partial charge >= 0.3 is 0 Å². The molecule has 2 heterocycles. The lowest BCUT2D eigenvalue weighted by molar-refractivity contribution is -0.140. The first-order valence-electron chi connectivity index (χ1n) is 9.13. The van der Waals surface area contributed by atoms with Gasteiger partial charge in [-0.15, -0.1) is 0 Å². The van der Waals surface area contributed by atoms with E-state index in [9.17, 15) is 9.59 Å². The highest BCUT2D eigenvalue weighted by atomic mass is 16.2. The lowest BCUT2D eigenvalue weighted by Gasteiger charge is -2.37. The number of hydrogen-bond acceptors (Lipinski definition) is 3. The number of piperazine rings is 1. The minimum Gasteiger partial charge on any atom is -0.340 e. The molecule has 2 saturated heterocycles. The Morgan fingerprint density at radius 3 is 2.20 bits per heavy atom. The number of carbonyl (C=O) groups excluding carboxylic acids is 2. The van der Waals surface area contributed by atoms with Crippen LogP contribution in [0.25, 0.3) is 6.08 Å². The van der Waals surface area contributed by atoms with E-state index in [1.165, 1.54) is 0 Å². The van der Waals surface area contributed by atoms with Crippen LogP contribution in [0.15, 0.2) is 36.4 Å². The van der Waals surface area contributed by atoms with Gasteiger partial charge in [0.2, 0.25) is 11.8 Å². The highest BCUT2D eigenvalue weighted by Gasteiger charge is 2.30. The first kappa shape index (κ1) is 17.7. The third-order valence-corrected chi connectivity index (χ3v) is 5.19. The Kier molecular flexibility index (Phi) is 5.87. The van der Waals surface area contributed by atoms with Crippen LogP contribution >= 0.6 is 0 Å². The molecule has 2 amide bonds. The molecule has 5 heteroatoms. The molecule has 134 valence electrons. The molecule has 2 aliphatic rings. The second-order valence-corrected chi connectivity index (χ2v) is 6.97. The number of nitrogens with zero attached hydrogens (tertiary/aromatic N) is 3. The molecule has 0 N–H and O–H groups in total. The van der Waals surface area contributed by atoms with Gasteiger partial charge in [0.05, 0.1) is 0 Å². The SMILES string of the molecule is CN1CCN(C(=O)C2CCN(C(=O)/C=C/c3ccccc3)CC2)CC1. The zero-order valence-corrected chi connectivity index (χ0v) is 14.9. The lowest BCUT2D eigenvalue weighted by atomic mass is 9.95. The van der Waals surface area contributed by atoms with Gasteiger partial charge in [0.15, 0.2) is 0 Å². The molecule has 0 spiro atoms. The van der Waals surface area contributed by atoms with E-state index in [1.807, 2.05) is 46.2 Å². The highest BCUT2D eigenvalue weighted by Crippen LogP contribution is 2.21. The number of carbonyl (C=O) groups is 2. The molecular formula is C20H27N3O2. The summed E-state index contributed by atoms with van der Waals surface area (Å²) in [5, 5.41) is 0. The molecule has 2 fully saturated rings. The van der Waals surface area contributed by atoms with Gasteiger partial charge in [-0.3, -0.25) is 9.59 Å². The van der Waals surface area contributed by atoms with Gasteiger partial charge in [-0.1, -0.05) is 30.3 Å². The number of hydrogen-bond donors (Lipinski definition) is 0. The summed E-state index contributed by atoms with van der Waals surface area (Å²) in [7, 11) is 2.09. The number of rotatable bonds is 3. The Labute approximate surface area is 149 Å². The second-order valence-electron chi connectivity index (χ2n) is 6.97. The minimum absolute atomic E-state index is 0.0364. The van der Waals surface area contributed by atoms with Crippen LogP contribution in [0.5, 0.6) is 0 Å². The Hall–Kier alpha value is -2.14. The summed E-state index contributed by atoms with van der Waals surface area (Å²) in [5.74, 6) is 0.389. The summed E-state index contributed by atoms with van der Waals surface area (Å²) in [5.41, 5.74) is 1.02. The normalized spacial score (nSPS) is 20.2. The highest BCUT2D eigenvalue weighted by molar-refractivity contribution is 5.92. The maximum Gasteiger partial charge on any atom is 0.246 e. The maximum absolute atomic E-state index is 12.6. The predicted molar refractivity (Wildman–Crippen MR) is 98.9 cm³/mol. The zero-order chi connectivity index (χ0) is 17.6. The minimum atomic E-state index is 0.0364. The van der Waals surface area contributed by atoms with E-state index >= 15 is 0 Å². The van der Waals surface area contributed by atoms with Gasteiger partial charge in [-0.2, -0.15) is 0 Å². The number of amides is 2. The van der Waals surface area contributed by atoms with Gasteiger partial charge in [-0.05, 0) is 31.5 Å². The van der Waals surface area contributed by atoms with Gasteiger partial charge in [0.25, 0.3) is 0 Å².